The molecule has 2 saturated heterocycles. The van der Waals surface area contributed by atoms with Crippen molar-refractivity contribution in [1.29, 1.82) is 0 Å². The number of methoxy groups -OCH3 is 1. The Morgan fingerprint density at radius 1 is 1.33 bits per heavy atom. The van der Waals surface area contributed by atoms with E-state index in [0.29, 0.717) is 19.3 Å². The van der Waals surface area contributed by atoms with Crippen LogP contribution in [0.5, 0.6) is 0 Å². The van der Waals surface area contributed by atoms with Crippen LogP contribution in [0.1, 0.15) is 40.0 Å². The van der Waals surface area contributed by atoms with Crippen LogP contribution in [-0.2, 0) is 19.1 Å². The molecule has 0 spiro atoms. The largest absolute Gasteiger partial charge is 0.467 e. The van der Waals surface area contributed by atoms with Crippen LogP contribution in [0.15, 0.2) is 0 Å². The highest BCUT2D eigenvalue weighted by atomic mass is 16.6. The standard InChI is InChI=1S/C16H26N2O6/c1-16(2,3)24-15(22)17-10-5-6-11-9(8-19)7-12(14(21)23-4)18(11)13(10)20/h9-12,19H,5-8H2,1-4H3,(H,17,22)/t9-,10+,11+,12+/m1/s1. The van der Waals surface area contributed by atoms with Gasteiger partial charge >= 0.3 is 12.1 Å². The minimum Gasteiger partial charge on any atom is -0.467 e. The van der Waals surface area contributed by atoms with Crippen LogP contribution in [0.2, 0.25) is 0 Å². The van der Waals surface area contributed by atoms with Crippen molar-refractivity contribution < 1.29 is 29.0 Å². The maximum atomic E-state index is 12.8. The quantitative estimate of drug-likeness (QED) is 0.721. The molecule has 2 rings (SSSR count). The molecule has 0 aromatic carbocycles. The number of esters is 1. The lowest BCUT2D eigenvalue weighted by Crippen LogP contribution is -2.58. The fourth-order valence-electron chi connectivity index (χ4n) is 3.47. The van der Waals surface area contributed by atoms with Gasteiger partial charge in [0.25, 0.3) is 0 Å². The van der Waals surface area contributed by atoms with E-state index in [2.05, 4.69) is 5.32 Å². The van der Waals surface area contributed by atoms with Gasteiger partial charge in [-0.25, -0.2) is 9.59 Å². The predicted octanol–water partition coefficient (Wildman–Crippen LogP) is 0.424. The summed E-state index contributed by atoms with van der Waals surface area (Å²) in [5.74, 6) is -0.980. The van der Waals surface area contributed by atoms with E-state index in [1.807, 2.05) is 0 Å². The molecule has 0 aromatic rings. The molecular weight excluding hydrogens is 316 g/mol. The molecule has 8 heteroatoms. The van der Waals surface area contributed by atoms with Crippen molar-refractivity contribution in [2.75, 3.05) is 13.7 Å². The number of alkyl carbamates (subject to hydrolysis) is 1. The number of hydrogen-bond acceptors (Lipinski definition) is 6. The first-order valence-electron chi connectivity index (χ1n) is 8.18. The molecule has 2 fully saturated rings. The van der Waals surface area contributed by atoms with Gasteiger partial charge in [-0.1, -0.05) is 0 Å². The zero-order chi connectivity index (χ0) is 18.1. The number of nitrogens with zero attached hydrogens (tertiary/aromatic N) is 1. The van der Waals surface area contributed by atoms with E-state index < -0.39 is 29.7 Å². The second-order valence-electron chi connectivity index (χ2n) is 7.31. The van der Waals surface area contributed by atoms with E-state index in [1.165, 1.54) is 12.0 Å². The lowest BCUT2D eigenvalue weighted by Gasteiger charge is -2.38. The third-order valence-electron chi connectivity index (χ3n) is 4.47. The fourth-order valence-corrected chi connectivity index (χ4v) is 3.47. The zero-order valence-electron chi connectivity index (χ0n) is 14.6. The smallest absolute Gasteiger partial charge is 0.408 e. The molecule has 2 aliphatic rings. The Hall–Kier alpha value is -1.83. The molecule has 0 aliphatic carbocycles. The van der Waals surface area contributed by atoms with Crippen molar-refractivity contribution in [2.24, 2.45) is 5.92 Å². The number of nitrogens with one attached hydrogen (secondary N) is 1. The molecule has 0 saturated carbocycles. The van der Waals surface area contributed by atoms with Crippen molar-refractivity contribution in [3.8, 4) is 0 Å². The summed E-state index contributed by atoms with van der Waals surface area (Å²) >= 11 is 0. The topological polar surface area (TPSA) is 105 Å². The number of carbonyl (C=O) groups excluding carboxylic acids is 3. The van der Waals surface area contributed by atoms with Gasteiger partial charge in [-0.2, -0.15) is 0 Å². The molecule has 2 amide bonds. The Balaban J connectivity index is 2.11. The molecule has 24 heavy (non-hydrogen) atoms. The van der Waals surface area contributed by atoms with Crippen LogP contribution in [0, 0.1) is 5.92 Å². The van der Waals surface area contributed by atoms with Crippen molar-refractivity contribution in [1.82, 2.24) is 10.2 Å². The van der Waals surface area contributed by atoms with Gasteiger partial charge < -0.3 is 24.8 Å². The molecule has 2 aliphatic heterocycles. The molecule has 0 bridgehead atoms. The minimum absolute atomic E-state index is 0.0912. The zero-order valence-corrected chi connectivity index (χ0v) is 14.6. The first kappa shape index (κ1) is 18.5. The fraction of sp³-hybridized carbons (Fsp3) is 0.812. The highest BCUT2D eigenvalue weighted by molar-refractivity contribution is 5.91. The normalized spacial score (nSPS) is 29.9. The number of aliphatic hydroxyl groups is 1. The van der Waals surface area contributed by atoms with Crippen LogP contribution in [0.25, 0.3) is 0 Å². The van der Waals surface area contributed by atoms with Crippen molar-refractivity contribution in [2.45, 2.75) is 63.8 Å². The Kier molecular flexibility index (Phi) is 5.37. The monoisotopic (exact) mass is 342 g/mol. The average molecular weight is 342 g/mol. The maximum Gasteiger partial charge on any atom is 0.408 e. The lowest BCUT2D eigenvalue weighted by molar-refractivity contribution is -0.154. The van der Waals surface area contributed by atoms with Crippen LogP contribution in [0.4, 0.5) is 4.79 Å². The first-order valence-corrected chi connectivity index (χ1v) is 8.18. The Labute approximate surface area is 141 Å². The number of fused-ring (bicyclic) bond motifs is 1. The molecule has 8 nitrogen and oxygen atoms in total. The van der Waals surface area contributed by atoms with E-state index in [4.69, 9.17) is 9.47 Å². The van der Waals surface area contributed by atoms with Gasteiger partial charge in [0, 0.05) is 18.6 Å². The van der Waals surface area contributed by atoms with Crippen molar-refractivity contribution >= 4 is 18.0 Å². The second-order valence-corrected chi connectivity index (χ2v) is 7.31. The van der Waals surface area contributed by atoms with Gasteiger partial charge in [-0.15, -0.1) is 0 Å². The third-order valence-corrected chi connectivity index (χ3v) is 4.47. The summed E-state index contributed by atoms with van der Waals surface area (Å²) in [5, 5.41) is 12.1. The van der Waals surface area contributed by atoms with Crippen molar-refractivity contribution in [3.63, 3.8) is 0 Å². The van der Waals surface area contributed by atoms with Gasteiger partial charge in [0.1, 0.15) is 17.7 Å². The summed E-state index contributed by atoms with van der Waals surface area (Å²) in [4.78, 5) is 38.1. The Morgan fingerprint density at radius 2 is 2.00 bits per heavy atom. The predicted molar refractivity (Wildman–Crippen MR) is 84.0 cm³/mol. The number of piperidine rings is 1. The average Bonchev–Trinajstić information content (AvgIpc) is 2.87. The van der Waals surface area contributed by atoms with Crippen molar-refractivity contribution in [3.05, 3.63) is 0 Å². The molecule has 4 atom stereocenters. The molecule has 0 unspecified atom stereocenters. The Morgan fingerprint density at radius 3 is 2.54 bits per heavy atom. The van der Waals surface area contributed by atoms with E-state index in [-0.39, 0.29) is 24.5 Å². The lowest BCUT2D eigenvalue weighted by atomic mass is 9.91. The van der Waals surface area contributed by atoms with Gasteiger partial charge in [0.15, 0.2) is 0 Å². The van der Waals surface area contributed by atoms with Crippen LogP contribution >= 0.6 is 0 Å². The van der Waals surface area contributed by atoms with Crippen LogP contribution < -0.4 is 5.32 Å². The number of hydrogen-bond donors (Lipinski definition) is 2. The first-order chi connectivity index (χ1) is 11.2. The SMILES string of the molecule is COC(=O)[C@@H]1C[C@H](CO)[C@@H]2CC[C@H](NC(=O)OC(C)(C)C)C(=O)N12. The number of aliphatic hydroxyl groups excluding tert-OH is 1. The van der Waals surface area contributed by atoms with E-state index in [0.717, 1.165) is 0 Å². The Bertz CT molecular complexity index is 515. The molecule has 136 valence electrons. The highest BCUT2D eigenvalue weighted by Gasteiger charge is 2.51. The highest BCUT2D eigenvalue weighted by Crippen LogP contribution is 2.37. The van der Waals surface area contributed by atoms with Gasteiger partial charge in [-0.3, -0.25) is 4.79 Å². The van der Waals surface area contributed by atoms with Crippen LogP contribution in [-0.4, -0.2) is 65.4 Å². The third kappa shape index (κ3) is 3.80. The summed E-state index contributed by atoms with van der Waals surface area (Å²) in [6.07, 6.45) is 0.764. The number of amides is 2. The summed E-state index contributed by atoms with van der Waals surface area (Å²) in [5.41, 5.74) is -0.658. The second kappa shape index (κ2) is 6.96. The summed E-state index contributed by atoms with van der Waals surface area (Å²) in [6.45, 7) is 5.13. The van der Waals surface area contributed by atoms with E-state index in [1.54, 1.807) is 20.8 Å². The number of rotatable bonds is 3. The van der Waals surface area contributed by atoms with E-state index >= 15 is 0 Å². The number of carbonyl (C=O) groups is 3. The molecule has 0 aromatic heterocycles. The van der Waals surface area contributed by atoms with Crippen LogP contribution in [0.3, 0.4) is 0 Å². The van der Waals surface area contributed by atoms with Gasteiger partial charge in [0.2, 0.25) is 5.91 Å². The van der Waals surface area contributed by atoms with Gasteiger partial charge in [-0.05, 0) is 40.0 Å². The molecular formula is C16H26N2O6. The summed E-state index contributed by atoms with van der Waals surface area (Å²) in [7, 11) is 1.27. The molecule has 2 N–H and O–H groups in total. The summed E-state index contributed by atoms with van der Waals surface area (Å²) < 4.78 is 9.97. The summed E-state index contributed by atoms with van der Waals surface area (Å²) in [6, 6.07) is -1.66. The van der Waals surface area contributed by atoms with E-state index in [9.17, 15) is 19.5 Å². The minimum atomic E-state index is -0.735. The maximum absolute atomic E-state index is 12.8. The van der Waals surface area contributed by atoms with Gasteiger partial charge in [0.05, 0.1) is 7.11 Å². The molecule has 0 radical (unpaired) electrons. The molecule has 2 heterocycles. The number of ether oxygens (including phenoxy) is 2.